The molecular weight excluding hydrogens is 222 g/mol. The number of benzene rings is 1. The summed E-state index contributed by atoms with van der Waals surface area (Å²) in [5.74, 6) is 0. The Hall–Kier alpha value is -1.83. The van der Waals surface area contributed by atoms with Crippen LogP contribution in [0.3, 0.4) is 0 Å². The lowest BCUT2D eigenvalue weighted by Crippen LogP contribution is -2.11. The van der Waals surface area contributed by atoms with E-state index >= 15 is 0 Å². The quantitative estimate of drug-likeness (QED) is 0.791. The molecular formula is C16H19NO. The van der Waals surface area contributed by atoms with Crippen molar-refractivity contribution in [2.24, 2.45) is 0 Å². The molecule has 0 spiro atoms. The van der Waals surface area contributed by atoms with Gasteiger partial charge in [-0.1, -0.05) is 45.0 Å². The molecule has 0 unspecified atom stereocenters. The molecule has 0 amide bonds. The summed E-state index contributed by atoms with van der Waals surface area (Å²) in [6, 6.07) is 11.8. The van der Waals surface area contributed by atoms with Crippen LogP contribution in [0.25, 0.3) is 0 Å². The average Bonchev–Trinajstić information content (AvgIpc) is 2.32. The van der Waals surface area contributed by atoms with Gasteiger partial charge in [-0.3, -0.25) is 4.79 Å². The molecule has 0 N–H and O–H groups in total. The summed E-state index contributed by atoms with van der Waals surface area (Å²) in [5, 5.41) is 0. The van der Waals surface area contributed by atoms with E-state index < -0.39 is 0 Å². The molecule has 2 heteroatoms. The third kappa shape index (κ3) is 3.10. The highest BCUT2D eigenvalue weighted by Crippen LogP contribution is 2.22. The molecule has 0 fully saturated rings. The molecule has 2 aromatic rings. The Bertz CT molecular complexity index is 553. The summed E-state index contributed by atoms with van der Waals surface area (Å²) in [6.07, 6.45) is 3.64. The van der Waals surface area contributed by atoms with Gasteiger partial charge in [0.2, 0.25) is 0 Å². The molecule has 18 heavy (non-hydrogen) atoms. The van der Waals surface area contributed by atoms with Crippen molar-refractivity contribution in [2.75, 3.05) is 0 Å². The van der Waals surface area contributed by atoms with Crippen molar-refractivity contribution < 1.29 is 0 Å². The molecule has 0 saturated carbocycles. The number of aromatic nitrogens is 1. The zero-order valence-electron chi connectivity index (χ0n) is 11.2. The normalized spacial score (nSPS) is 11.5. The van der Waals surface area contributed by atoms with E-state index in [1.165, 1.54) is 11.1 Å². The van der Waals surface area contributed by atoms with E-state index in [1.54, 1.807) is 12.1 Å². The third-order valence-corrected chi connectivity index (χ3v) is 3.05. The highest BCUT2D eigenvalue weighted by Gasteiger charge is 2.12. The van der Waals surface area contributed by atoms with Crippen molar-refractivity contribution in [3.63, 3.8) is 0 Å². The van der Waals surface area contributed by atoms with Crippen LogP contribution in [-0.4, -0.2) is 4.57 Å². The van der Waals surface area contributed by atoms with Crippen LogP contribution in [0.2, 0.25) is 0 Å². The van der Waals surface area contributed by atoms with Crippen LogP contribution in [0.1, 0.15) is 31.9 Å². The SMILES string of the molecule is CC(C)(C)c1ccc(Cn2ccc(=O)cc2)cc1. The molecule has 0 radical (unpaired) electrons. The van der Waals surface area contributed by atoms with Crippen molar-refractivity contribution in [2.45, 2.75) is 32.7 Å². The molecule has 1 aromatic heterocycles. The van der Waals surface area contributed by atoms with Gasteiger partial charge >= 0.3 is 0 Å². The fraction of sp³-hybridized carbons (Fsp3) is 0.312. The molecule has 94 valence electrons. The first-order valence-electron chi connectivity index (χ1n) is 6.21. The minimum atomic E-state index is 0.0503. The predicted molar refractivity (Wildman–Crippen MR) is 74.9 cm³/mol. The molecule has 2 rings (SSSR count). The van der Waals surface area contributed by atoms with E-state index in [-0.39, 0.29) is 10.8 Å². The van der Waals surface area contributed by atoms with Gasteiger partial charge in [-0.2, -0.15) is 0 Å². The number of pyridine rings is 1. The van der Waals surface area contributed by atoms with Gasteiger partial charge in [-0.25, -0.2) is 0 Å². The molecule has 0 atom stereocenters. The van der Waals surface area contributed by atoms with Gasteiger partial charge in [-0.15, -0.1) is 0 Å². The minimum absolute atomic E-state index is 0.0503. The van der Waals surface area contributed by atoms with Crippen molar-refractivity contribution in [3.05, 3.63) is 70.1 Å². The number of hydrogen-bond donors (Lipinski definition) is 0. The summed E-state index contributed by atoms with van der Waals surface area (Å²) >= 11 is 0. The van der Waals surface area contributed by atoms with Gasteiger partial charge in [0.15, 0.2) is 5.43 Å². The van der Waals surface area contributed by atoms with Crippen LogP contribution in [0.4, 0.5) is 0 Å². The first kappa shape index (κ1) is 12.6. The van der Waals surface area contributed by atoms with E-state index in [1.807, 2.05) is 17.0 Å². The maximum atomic E-state index is 11.0. The molecule has 0 saturated heterocycles. The third-order valence-electron chi connectivity index (χ3n) is 3.05. The standard InChI is InChI=1S/C16H19NO/c1-16(2,3)14-6-4-13(5-7-14)12-17-10-8-15(18)9-11-17/h4-11H,12H2,1-3H3. The van der Waals surface area contributed by atoms with Gasteiger partial charge in [0.1, 0.15) is 0 Å². The van der Waals surface area contributed by atoms with Gasteiger partial charge in [0, 0.05) is 31.1 Å². The van der Waals surface area contributed by atoms with Crippen LogP contribution in [0, 0.1) is 0 Å². The summed E-state index contributed by atoms with van der Waals surface area (Å²) in [4.78, 5) is 11.0. The fourth-order valence-electron chi connectivity index (χ4n) is 1.87. The number of hydrogen-bond acceptors (Lipinski definition) is 1. The van der Waals surface area contributed by atoms with E-state index in [2.05, 4.69) is 45.0 Å². The van der Waals surface area contributed by atoms with Crippen molar-refractivity contribution in [1.82, 2.24) is 4.57 Å². The molecule has 1 aromatic carbocycles. The zero-order valence-corrected chi connectivity index (χ0v) is 11.2. The molecule has 2 nitrogen and oxygen atoms in total. The number of rotatable bonds is 2. The van der Waals surface area contributed by atoms with Gasteiger partial charge < -0.3 is 4.57 Å². The molecule has 0 bridgehead atoms. The number of nitrogens with zero attached hydrogens (tertiary/aromatic N) is 1. The lowest BCUT2D eigenvalue weighted by molar-refractivity contribution is 0.589. The molecule has 1 heterocycles. The van der Waals surface area contributed by atoms with Crippen molar-refractivity contribution in [1.29, 1.82) is 0 Å². The maximum absolute atomic E-state index is 11.0. The first-order valence-corrected chi connectivity index (χ1v) is 6.21. The Morgan fingerprint density at radius 2 is 1.50 bits per heavy atom. The Balaban J connectivity index is 2.16. The van der Waals surface area contributed by atoms with E-state index in [0.717, 1.165) is 6.54 Å². The Morgan fingerprint density at radius 3 is 2.00 bits per heavy atom. The monoisotopic (exact) mass is 241 g/mol. The molecule has 0 aliphatic heterocycles. The largest absolute Gasteiger partial charge is 0.350 e. The van der Waals surface area contributed by atoms with E-state index in [4.69, 9.17) is 0 Å². The summed E-state index contributed by atoms with van der Waals surface area (Å²) < 4.78 is 2.01. The van der Waals surface area contributed by atoms with Crippen LogP contribution < -0.4 is 5.43 Å². The summed E-state index contributed by atoms with van der Waals surface area (Å²) in [7, 11) is 0. The van der Waals surface area contributed by atoms with Crippen LogP contribution >= 0.6 is 0 Å². The summed E-state index contributed by atoms with van der Waals surface area (Å²) in [5.41, 5.74) is 2.82. The molecule has 0 aliphatic rings. The van der Waals surface area contributed by atoms with Crippen molar-refractivity contribution in [3.8, 4) is 0 Å². The second-order valence-corrected chi connectivity index (χ2v) is 5.65. The van der Waals surface area contributed by atoms with Gasteiger partial charge in [-0.05, 0) is 16.5 Å². The fourth-order valence-corrected chi connectivity index (χ4v) is 1.87. The van der Waals surface area contributed by atoms with E-state index in [0.29, 0.717) is 0 Å². The summed E-state index contributed by atoms with van der Waals surface area (Å²) in [6.45, 7) is 7.43. The lowest BCUT2D eigenvalue weighted by Gasteiger charge is -2.19. The van der Waals surface area contributed by atoms with Crippen molar-refractivity contribution >= 4 is 0 Å². The Labute approximate surface area is 108 Å². The predicted octanol–water partition coefficient (Wildman–Crippen LogP) is 3.19. The topological polar surface area (TPSA) is 22.0 Å². The van der Waals surface area contributed by atoms with Gasteiger partial charge in [0.05, 0.1) is 0 Å². The van der Waals surface area contributed by atoms with Gasteiger partial charge in [0.25, 0.3) is 0 Å². The second kappa shape index (κ2) is 4.81. The Kier molecular flexibility index (Phi) is 3.37. The minimum Gasteiger partial charge on any atom is -0.350 e. The zero-order chi connectivity index (χ0) is 13.2. The van der Waals surface area contributed by atoms with Crippen LogP contribution in [0.5, 0.6) is 0 Å². The average molecular weight is 241 g/mol. The highest BCUT2D eigenvalue weighted by atomic mass is 16.1. The van der Waals surface area contributed by atoms with E-state index in [9.17, 15) is 4.79 Å². The van der Waals surface area contributed by atoms with Crippen LogP contribution in [0.15, 0.2) is 53.6 Å². The smallest absolute Gasteiger partial charge is 0.181 e. The first-order chi connectivity index (χ1) is 8.45. The lowest BCUT2D eigenvalue weighted by atomic mass is 9.87. The maximum Gasteiger partial charge on any atom is 0.181 e. The highest BCUT2D eigenvalue weighted by molar-refractivity contribution is 5.27. The van der Waals surface area contributed by atoms with Crippen LogP contribution in [-0.2, 0) is 12.0 Å². The Morgan fingerprint density at radius 1 is 0.944 bits per heavy atom. The second-order valence-electron chi connectivity index (χ2n) is 5.65. The molecule has 0 aliphatic carbocycles.